The topological polar surface area (TPSA) is 94.1 Å². The summed E-state index contributed by atoms with van der Waals surface area (Å²) in [6.45, 7) is 3.04. The number of nitrogens with zero attached hydrogens (tertiary/aromatic N) is 5. The standard InChI is InChI=1S/C20H21N5O3/c1-13-21-19(23-28-13)16-7-4-10-25(12-16)20(27)15-6-3-5-14(11-15)17-8-9-18(26)24(2)22-17/h3,5-6,8-9,11,16H,4,7,10,12H2,1-2H3. The molecule has 1 aromatic carbocycles. The molecular formula is C20H21N5O3. The highest BCUT2D eigenvalue weighted by Gasteiger charge is 2.28. The molecule has 1 aliphatic heterocycles. The van der Waals surface area contributed by atoms with Gasteiger partial charge in [0.15, 0.2) is 5.82 Å². The summed E-state index contributed by atoms with van der Waals surface area (Å²) in [4.78, 5) is 30.8. The highest BCUT2D eigenvalue weighted by atomic mass is 16.5. The Kier molecular flexibility index (Phi) is 4.77. The fourth-order valence-corrected chi connectivity index (χ4v) is 3.50. The van der Waals surface area contributed by atoms with Crippen LogP contribution in [-0.2, 0) is 7.05 Å². The molecule has 0 radical (unpaired) electrons. The molecule has 1 atom stereocenters. The maximum absolute atomic E-state index is 13.1. The fourth-order valence-electron chi connectivity index (χ4n) is 3.50. The van der Waals surface area contributed by atoms with Gasteiger partial charge in [-0.05, 0) is 31.0 Å². The smallest absolute Gasteiger partial charge is 0.266 e. The van der Waals surface area contributed by atoms with Crippen molar-refractivity contribution in [2.75, 3.05) is 13.1 Å². The molecule has 2 aromatic heterocycles. The summed E-state index contributed by atoms with van der Waals surface area (Å²) in [6.07, 6.45) is 1.83. The average molecular weight is 379 g/mol. The van der Waals surface area contributed by atoms with Crippen LogP contribution in [0.2, 0.25) is 0 Å². The highest BCUT2D eigenvalue weighted by molar-refractivity contribution is 5.95. The number of piperidine rings is 1. The van der Waals surface area contributed by atoms with Crippen LogP contribution in [0.1, 0.15) is 40.8 Å². The lowest BCUT2D eigenvalue weighted by Crippen LogP contribution is -2.39. The monoisotopic (exact) mass is 379 g/mol. The minimum Gasteiger partial charge on any atom is -0.340 e. The van der Waals surface area contributed by atoms with Crippen LogP contribution < -0.4 is 5.56 Å². The van der Waals surface area contributed by atoms with E-state index in [4.69, 9.17) is 4.52 Å². The van der Waals surface area contributed by atoms with Crippen molar-refractivity contribution in [3.63, 3.8) is 0 Å². The summed E-state index contributed by atoms with van der Waals surface area (Å²) in [5.41, 5.74) is 1.87. The Labute approximate surface area is 161 Å². The first-order chi connectivity index (χ1) is 13.5. The number of amides is 1. The summed E-state index contributed by atoms with van der Waals surface area (Å²) < 4.78 is 6.37. The third-order valence-electron chi connectivity index (χ3n) is 4.98. The van der Waals surface area contributed by atoms with Crippen molar-refractivity contribution < 1.29 is 9.32 Å². The summed E-state index contributed by atoms with van der Waals surface area (Å²) in [5, 5.41) is 8.28. The summed E-state index contributed by atoms with van der Waals surface area (Å²) in [6, 6.07) is 10.5. The summed E-state index contributed by atoms with van der Waals surface area (Å²) in [5.74, 6) is 1.26. The Morgan fingerprint density at radius 3 is 2.86 bits per heavy atom. The average Bonchev–Trinajstić information content (AvgIpc) is 3.16. The van der Waals surface area contributed by atoms with E-state index in [-0.39, 0.29) is 17.4 Å². The van der Waals surface area contributed by atoms with Crippen LogP contribution in [0.3, 0.4) is 0 Å². The van der Waals surface area contributed by atoms with E-state index in [1.165, 1.54) is 10.7 Å². The Bertz CT molecular complexity index is 1070. The zero-order chi connectivity index (χ0) is 19.7. The Hall–Kier alpha value is -3.29. The van der Waals surface area contributed by atoms with Crippen molar-refractivity contribution in [3.05, 3.63) is 64.0 Å². The number of hydrogen-bond donors (Lipinski definition) is 0. The molecule has 1 aliphatic rings. The molecule has 8 nitrogen and oxygen atoms in total. The van der Waals surface area contributed by atoms with E-state index in [1.54, 1.807) is 26.1 Å². The first-order valence-electron chi connectivity index (χ1n) is 9.25. The molecule has 1 unspecified atom stereocenters. The van der Waals surface area contributed by atoms with Crippen LogP contribution in [0.25, 0.3) is 11.3 Å². The SMILES string of the molecule is Cc1nc(C2CCCN(C(=O)c3cccc(-c4ccc(=O)n(C)n4)c3)C2)no1. The molecule has 0 bridgehead atoms. The van der Waals surface area contributed by atoms with E-state index in [1.807, 2.05) is 23.1 Å². The molecule has 1 fully saturated rings. The van der Waals surface area contributed by atoms with E-state index in [2.05, 4.69) is 15.2 Å². The minimum atomic E-state index is -0.174. The molecule has 144 valence electrons. The van der Waals surface area contributed by atoms with Crippen molar-refractivity contribution in [1.29, 1.82) is 0 Å². The van der Waals surface area contributed by atoms with Gasteiger partial charge in [0.25, 0.3) is 11.5 Å². The van der Waals surface area contributed by atoms with Gasteiger partial charge < -0.3 is 9.42 Å². The molecule has 1 amide bonds. The molecule has 3 heterocycles. The van der Waals surface area contributed by atoms with E-state index in [9.17, 15) is 9.59 Å². The number of carbonyl (C=O) groups is 1. The van der Waals surface area contributed by atoms with Gasteiger partial charge in [0.1, 0.15) is 0 Å². The van der Waals surface area contributed by atoms with E-state index in [0.29, 0.717) is 36.1 Å². The Morgan fingerprint density at radius 2 is 2.11 bits per heavy atom. The zero-order valence-corrected chi connectivity index (χ0v) is 15.8. The number of benzene rings is 1. The van der Waals surface area contributed by atoms with E-state index < -0.39 is 0 Å². The predicted octanol–water partition coefficient (Wildman–Crippen LogP) is 2.16. The lowest BCUT2D eigenvalue weighted by molar-refractivity contribution is 0.0703. The highest BCUT2D eigenvalue weighted by Crippen LogP contribution is 2.26. The van der Waals surface area contributed by atoms with Gasteiger partial charge in [-0.15, -0.1) is 0 Å². The number of carbonyl (C=O) groups excluding carboxylic acids is 1. The molecule has 0 N–H and O–H groups in total. The Morgan fingerprint density at radius 1 is 1.25 bits per heavy atom. The van der Waals surface area contributed by atoms with E-state index >= 15 is 0 Å². The molecule has 28 heavy (non-hydrogen) atoms. The molecule has 4 rings (SSSR count). The van der Waals surface area contributed by atoms with Crippen molar-refractivity contribution in [1.82, 2.24) is 24.8 Å². The number of likely N-dealkylation sites (tertiary alicyclic amines) is 1. The van der Waals surface area contributed by atoms with Gasteiger partial charge in [-0.1, -0.05) is 17.3 Å². The van der Waals surface area contributed by atoms with Gasteiger partial charge in [-0.3, -0.25) is 9.59 Å². The zero-order valence-electron chi connectivity index (χ0n) is 15.8. The van der Waals surface area contributed by atoms with E-state index in [0.717, 1.165) is 18.4 Å². The second kappa shape index (κ2) is 7.38. The van der Waals surface area contributed by atoms with Crippen LogP contribution in [-0.4, -0.2) is 43.8 Å². The largest absolute Gasteiger partial charge is 0.340 e. The quantitative estimate of drug-likeness (QED) is 0.692. The summed E-state index contributed by atoms with van der Waals surface area (Å²) >= 11 is 0. The molecule has 0 saturated carbocycles. The number of hydrogen-bond acceptors (Lipinski definition) is 6. The molecular weight excluding hydrogens is 358 g/mol. The second-order valence-corrected chi connectivity index (χ2v) is 7.02. The third-order valence-corrected chi connectivity index (χ3v) is 4.98. The fraction of sp³-hybridized carbons (Fsp3) is 0.350. The van der Waals surface area contributed by atoms with Crippen molar-refractivity contribution in [3.8, 4) is 11.3 Å². The summed E-state index contributed by atoms with van der Waals surface area (Å²) in [7, 11) is 1.61. The van der Waals surface area contributed by atoms with Gasteiger partial charge in [0, 0.05) is 50.2 Å². The Balaban J connectivity index is 1.56. The van der Waals surface area contributed by atoms with Crippen LogP contribution >= 0.6 is 0 Å². The third kappa shape index (κ3) is 3.58. The van der Waals surface area contributed by atoms with Gasteiger partial charge in [0.2, 0.25) is 5.89 Å². The first-order valence-corrected chi connectivity index (χ1v) is 9.25. The van der Waals surface area contributed by atoms with Gasteiger partial charge in [0.05, 0.1) is 5.69 Å². The molecule has 0 aliphatic carbocycles. The second-order valence-electron chi connectivity index (χ2n) is 7.02. The molecule has 8 heteroatoms. The molecule has 0 spiro atoms. The van der Waals surface area contributed by atoms with Crippen LogP contribution in [0.5, 0.6) is 0 Å². The number of aryl methyl sites for hydroxylation is 2. The van der Waals surface area contributed by atoms with Crippen LogP contribution in [0.4, 0.5) is 0 Å². The maximum atomic E-state index is 13.1. The number of rotatable bonds is 3. The van der Waals surface area contributed by atoms with Crippen molar-refractivity contribution in [2.45, 2.75) is 25.7 Å². The van der Waals surface area contributed by atoms with Crippen molar-refractivity contribution >= 4 is 5.91 Å². The maximum Gasteiger partial charge on any atom is 0.266 e. The van der Waals surface area contributed by atoms with Gasteiger partial charge in [-0.2, -0.15) is 10.1 Å². The molecule has 3 aromatic rings. The normalized spacial score (nSPS) is 16.9. The van der Waals surface area contributed by atoms with Gasteiger partial charge in [-0.25, -0.2) is 4.68 Å². The predicted molar refractivity (Wildman–Crippen MR) is 102 cm³/mol. The minimum absolute atomic E-state index is 0.0309. The first kappa shape index (κ1) is 18.1. The van der Waals surface area contributed by atoms with Crippen molar-refractivity contribution in [2.24, 2.45) is 7.05 Å². The van der Waals surface area contributed by atoms with Crippen LogP contribution in [0, 0.1) is 6.92 Å². The lowest BCUT2D eigenvalue weighted by Gasteiger charge is -2.31. The lowest BCUT2D eigenvalue weighted by atomic mass is 9.96. The number of aromatic nitrogens is 4. The molecule has 1 saturated heterocycles. The van der Waals surface area contributed by atoms with Crippen LogP contribution in [0.15, 0.2) is 45.7 Å². The van der Waals surface area contributed by atoms with Gasteiger partial charge >= 0.3 is 0 Å².